The fourth-order valence-electron chi connectivity index (χ4n) is 3.12. The molecule has 0 unspecified atom stereocenters. The van der Waals surface area contributed by atoms with Crippen molar-refractivity contribution in [3.63, 3.8) is 0 Å². The molecule has 0 radical (unpaired) electrons. The SMILES string of the molecule is COc1ccc(-n2c(=O)[nH]c3c(C(N)=O)nc(-c4ccccc4F)nc32)c(OC)c1. The number of nitrogens with two attached hydrogens (primary N) is 1. The molecule has 0 aliphatic carbocycles. The summed E-state index contributed by atoms with van der Waals surface area (Å²) in [5, 5.41) is 0. The van der Waals surface area contributed by atoms with Crippen molar-refractivity contribution in [3.8, 4) is 28.6 Å². The van der Waals surface area contributed by atoms with Crippen LogP contribution in [0.5, 0.6) is 11.5 Å². The van der Waals surface area contributed by atoms with Crippen molar-refractivity contribution in [2.75, 3.05) is 14.2 Å². The molecule has 152 valence electrons. The summed E-state index contributed by atoms with van der Waals surface area (Å²) in [6.07, 6.45) is 0. The number of imidazole rings is 1. The van der Waals surface area contributed by atoms with Gasteiger partial charge in [-0.2, -0.15) is 0 Å². The summed E-state index contributed by atoms with van der Waals surface area (Å²) in [4.78, 5) is 35.8. The van der Waals surface area contributed by atoms with Crippen molar-refractivity contribution in [2.24, 2.45) is 5.73 Å². The Morgan fingerprint density at radius 3 is 2.57 bits per heavy atom. The van der Waals surface area contributed by atoms with Gasteiger partial charge in [0.2, 0.25) is 0 Å². The topological polar surface area (TPSA) is 125 Å². The van der Waals surface area contributed by atoms with Crippen LogP contribution in [0.15, 0.2) is 47.3 Å². The zero-order valence-electron chi connectivity index (χ0n) is 16.0. The molecule has 30 heavy (non-hydrogen) atoms. The molecule has 0 spiro atoms. The van der Waals surface area contributed by atoms with Gasteiger partial charge in [-0.1, -0.05) is 12.1 Å². The fourth-order valence-corrected chi connectivity index (χ4v) is 3.12. The zero-order valence-corrected chi connectivity index (χ0v) is 16.0. The number of ether oxygens (including phenoxy) is 2. The number of nitrogens with zero attached hydrogens (tertiary/aromatic N) is 3. The summed E-state index contributed by atoms with van der Waals surface area (Å²) in [6.45, 7) is 0. The molecule has 2 aromatic heterocycles. The van der Waals surface area contributed by atoms with Crippen molar-refractivity contribution in [2.45, 2.75) is 0 Å². The van der Waals surface area contributed by atoms with Crippen LogP contribution < -0.4 is 20.9 Å². The number of carbonyl (C=O) groups excluding carboxylic acids is 1. The van der Waals surface area contributed by atoms with Crippen LogP contribution in [0.25, 0.3) is 28.2 Å². The number of rotatable bonds is 5. The van der Waals surface area contributed by atoms with Crippen LogP contribution in [0.1, 0.15) is 10.5 Å². The van der Waals surface area contributed by atoms with Crippen LogP contribution in [0.3, 0.4) is 0 Å². The molecule has 0 fully saturated rings. The van der Waals surface area contributed by atoms with E-state index in [0.29, 0.717) is 17.2 Å². The fraction of sp³-hybridized carbons (Fsp3) is 0.100. The summed E-state index contributed by atoms with van der Waals surface area (Å²) in [6, 6.07) is 10.6. The molecule has 0 bridgehead atoms. The Bertz CT molecular complexity index is 1350. The maximum atomic E-state index is 14.3. The molecular formula is C20H16FN5O4. The normalized spacial score (nSPS) is 10.9. The van der Waals surface area contributed by atoms with Gasteiger partial charge in [-0.05, 0) is 24.3 Å². The molecule has 0 saturated carbocycles. The molecule has 2 aromatic carbocycles. The predicted molar refractivity (Wildman–Crippen MR) is 107 cm³/mol. The van der Waals surface area contributed by atoms with Gasteiger partial charge >= 0.3 is 5.69 Å². The maximum Gasteiger partial charge on any atom is 0.332 e. The third-order valence-corrected chi connectivity index (χ3v) is 4.51. The third kappa shape index (κ3) is 3.04. The molecule has 9 nitrogen and oxygen atoms in total. The van der Waals surface area contributed by atoms with Gasteiger partial charge in [0, 0.05) is 6.07 Å². The summed E-state index contributed by atoms with van der Waals surface area (Å²) >= 11 is 0. The smallest absolute Gasteiger partial charge is 0.332 e. The summed E-state index contributed by atoms with van der Waals surface area (Å²) < 4.78 is 26.1. The number of carbonyl (C=O) groups is 1. The number of aromatic nitrogens is 4. The Morgan fingerprint density at radius 1 is 1.13 bits per heavy atom. The van der Waals surface area contributed by atoms with Crippen LogP contribution in [0.4, 0.5) is 4.39 Å². The number of halogens is 1. The lowest BCUT2D eigenvalue weighted by Gasteiger charge is -2.11. The number of hydrogen-bond acceptors (Lipinski definition) is 6. The second-order valence-corrected chi connectivity index (χ2v) is 6.24. The minimum Gasteiger partial charge on any atom is -0.497 e. The molecule has 2 heterocycles. The summed E-state index contributed by atoms with van der Waals surface area (Å²) in [5.41, 5.74) is 5.10. The minimum atomic E-state index is -0.893. The van der Waals surface area contributed by atoms with E-state index < -0.39 is 17.4 Å². The Kier molecular flexibility index (Phi) is 4.66. The molecule has 0 aliphatic rings. The monoisotopic (exact) mass is 409 g/mol. The number of benzene rings is 2. The Balaban J connectivity index is 2.08. The Labute approximate surface area is 168 Å². The highest BCUT2D eigenvalue weighted by molar-refractivity contribution is 6.02. The number of methoxy groups -OCH3 is 2. The van der Waals surface area contributed by atoms with E-state index in [2.05, 4.69) is 15.0 Å². The van der Waals surface area contributed by atoms with Gasteiger partial charge in [0.05, 0.1) is 25.5 Å². The lowest BCUT2D eigenvalue weighted by molar-refractivity contribution is 0.0997. The van der Waals surface area contributed by atoms with E-state index in [0.717, 1.165) is 0 Å². The Morgan fingerprint density at radius 2 is 1.90 bits per heavy atom. The number of primary amides is 1. The molecular weight excluding hydrogens is 393 g/mol. The average Bonchev–Trinajstić information content (AvgIpc) is 3.08. The van der Waals surface area contributed by atoms with Crippen LogP contribution >= 0.6 is 0 Å². The van der Waals surface area contributed by atoms with E-state index >= 15 is 0 Å². The summed E-state index contributed by atoms with van der Waals surface area (Å²) in [5.74, 6) is -0.726. The second kappa shape index (κ2) is 7.32. The quantitative estimate of drug-likeness (QED) is 0.520. The standard InChI is InChI=1S/C20H16FN5O4/c1-29-10-7-8-13(14(9-10)30-2)26-19-16(24-20(26)28)15(17(22)27)23-18(25-19)11-5-3-4-6-12(11)21/h3-9H,1-2H3,(H2,22,27)(H,24,28). The van der Waals surface area contributed by atoms with Gasteiger partial charge in [-0.3, -0.25) is 4.79 Å². The van der Waals surface area contributed by atoms with E-state index in [1.165, 1.54) is 37.0 Å². The number of nitrogens with one attached hydrogen (secondary N) is 1. The van der Waals surface area contributed by atoms with Crippen LogP contribution in [-0.2, 0) is 0 Å². The number of amides is 1. The van der Waals surface area contributed by atoms with Crippen molar-refractivity contribution >= 4 is 17.1 Å². The number of H-pyrrole nitrogens is 1. The Hall–Kier alpha value is -4.21. The minimum absolute atomic E-state index is 0.0328. The number of hydrogen-bond donors (Lipinski definition) is 2. The van der Waals surface area contributed by atoms with Gasteiger partial charge in [0.1, 0.15) is 22.8 Å². The molecule has 3 N–H and O–H groups in total. The first-order valence-electron chi connectivity index (χ1n) is 8.74. The van der Waals surface area contributed by atoms with Gasteiger partial charge in [-0.25, -0.2) is 23.7 Å². The molecule has 0 aliphatic heterocycles. The molecule has 4 aromatic rings. The zero-order chi connectivity index (χ0) is 21.4. The first-order chi connectivity index (χ1) is 14.4. The van der Waals surface area contributed by atoms with Gasteiger partial charge in [0.15, 0.2) is 17.2 Å². The van der Waals surface area contributed by atoms with Gasteiger partial charge in [-0.15, -0.1) is 0 Å². The van der Waals surface area contributed by atoms with Crippen molar-refractivity contribution < 1.29 is 18.7 Å². The van der Waals surface area contributed by atoms with Crippen molar-refractivity contribution in [3.05, 3.63) is 64.5 Å². The largest absolute Gasteiger partial charge is 0.497 e. The molecule has 1 amide bonds. The van der Waals surface area contributed by atoms with E-state index in [-0.39, 0.29) is 28.2 Å². The highest BCUT2D eigenvalue weighted by atomic mass is 19.1. The van der Waals surface area contributed by atoms with Crippen LogP contribution in [0, 0.1) is 5.82 Å². The van der Waals surface area contributed by atoms with Gasteiger partial charge < -0.3 is 20.2 Å². The first kappa shape index (κ1) is 19.1. The number of fused-ring (bicyclic) bond motifs is 1. The molecule has 0 atom stereocenters. The third-order valence-electron chi connectivity index (χ3n) is 4.51. The first-order valence-corrected chi connectivity index (χ1v) is 8.74. The van der Waals surface area contributed by atoms with Crippen LogP contribution in [0.2, 0.25) is 0 Å². The highest BCUT2D eigenvalue weighted by Crippen LogP contribution is 2.30. The molecule has 10 heteroatoms. The van der Waals surface area contributed by atoms with E-state index in [9.17, 15) is 14.0 Å². The van der Waals surface area contributed by atoms with Gasteiger partial charge in [0.25, 0.3) is 5.91 Å². The van der Waals surface area contributed by atoms with Crippen molar-refractivity contribution in [1.82, 2.24) is 19.5 Å². The predicted octanol–water partition coefficient (Wildman–Crippen LogP) is 2.03. The molecule has 4 rings (SSSR count). The maximum absolute atomic E-state index is 14.3. The number of aromatic amines is 1. The van der Waals surface area contributed by atoms with E-state index in [1.54, 1.807) is 24.3 Å². The van der Waals surface area contributed by atoms with Crippen molar-refractivity contribution in [1.29, 1.82) is 0 Å². The van der Waals surface area contributed by atoms with Crippen LogP contribution in [-0.4, -0.2) is 39.6 Å². The highest BCUT2D eigenvalue weighted by Gasteiger charge is 2.22. The second-order valence-electron chi connectivity index (χ2n) is 6.24. The summed E-state index contributed by atoms with van der Waals surface area (Å²) in [7, 11) is 2.94. The lowest BCUT2D eigenvalue weighted by Crippen LogP contribution is -2.16. The van der Waals surface area contributed by atoms with E-state index in [1.807, 2.05) is 0 Å². The molecule has 0 saturated heterocycles. The lowest BCUT2D eigenvalue weighted by atomic mass is 10.2. The average molecular weight is 409 g/mol. The van der Waals surface area contributed by atoms with E-state index in [4.69, 9.17) is 15.2 Å².